The fourth-order valence-corrected chi connectivity index (χ4v) is 3.84. The summed E-state index contributed by atoms with van der Waals surface area (Å²) in [5, 5.41) is 0. The molecule has 0 aliphatic carbocycles. The van der Waals surface area contributed by atoms with E-state index in [1.54, 1.807) is 4.31 Å². The van der Waals surface area contributed by atoms with Crippen LogP contribution in [0.5, 0.6) is 0 Å². The maximum absolute atomic E-state index is 12.3. The highest BCUT2D eigenvalue weighted by molar-refractivity contribution is 7.89. The minimum absolute atomic E-state index is 0.202. The fourth-order valence-electron chi connectivity index (χ4n) is 2.29. The van der Waals surface area contributed by atoms with E-state index < -0.39 is 10.0 Å². The summed E-state index contributed by atoms with van der Waals surface area (Å²) in [4.78, 5) is 2.20. The van der Waals surface area contributed by atoms with Crippen molar-refractivity contribution < 1.29 is 8.42 Å². The van der Waals surface area contributed by atoms with Gasteiger partial charge in [0.15, 0.2) is 0 Å². The Morgan fingerprint density at radius 2 is 1.89 bits per heavy atom. The Labute approximate surface area is 116 Å². The second-order valence-electron chi connectivity index (χ2n) is 5.24. The minimum atomic E-state index is -3.13. The normalized spacial score (nSPS) is 22.5. The van der Waals surface area contributed by atoms with Crippen molar-refractivity contribution >= 4 is 10.0 Å². The summed E-state index contributed by atoms with van der Waals surface area (Å²) in [6.45, 7) is 4.09. The molecule has 2 rings (SSSR count). The summed E-state index contributed by atoms with van der Waals surface area (Å²) in [6, 6.07) is 10.1. The molecular formula is C14H22N2O2S. The molecule has 0 bridgehead atoms. The van der Waals surface area contributed by atoms with Crippen LogP contribution < -0.4 is 0 Å². The highest BCUT2D eigenvalue weighted by atomic mass is 32.2. The van der Waals surface area contributed by atoms with Gasteiger partial charge in [0.2, 0.25) is 10.0 Å². The van der Waals surface area contributed by atoms with Crippen molar-refractivity contribution in [3.8, 4) is 0 Å². The van der Waals surface area contributed by atoms with Gasteiger partial charge in [0, 0.05) is 25.7 Å². The lowest BCUT2D eigenvalue weighted by atomic mass is 10.2. The Morgan fingerprint density at radius 1 is 1.21 bits per heavy atom. The van der Waals surface area contributed by atoms with Crippen LogP contribution in [0.25, 0.3) is 0 Å². The van der Waals surface area contributed by atoms with Gasteiger partial charge in [-0.25, -0.2) is 8.42 Å². The van der Waals surface area contributed by atoms with Crippen molar-refractivity contribution in [2.75, 3.05) is 32.4 Å². The first kappa shape index (κ1) is 14.5. The van der Waals surface area contributed by atoms with Gasteiger partial charge >= 0.3 is 0 Å². The van der Waals surface area contributed by atoms with Gasteiger partial charge in [0.25, 0.3) is 0 Å². The van der Waals surface area contributed by atoms with Gasteiger partial charge in [0.1, 0.15) is 0 Å². The lowest BCUT2D eigenvalue weighted by Crippen LogP contribution is -2.52. The lowest BCUT2D eigenvalue weighted by molar-refractivity contribution is 0.159. The molecule has 0 amide bonds. The van der Waals surface area contributed by atoms with Crippen molar-refractivity contribution in [2.24, 2.45) is 0 Å². The molecule has 0 aromatic heterocycles. The number of sulfonamides is 1. The van der Waals surface area contributed by atoms with Crippen molar-refractivity contribution in [1.29, 1.82) is 0 Å². The monoisotopic (exact) mass is 282 g/mol. The molecule has 0 saturated carbocycles. The number of nitrogens with zero attached hydrogens (tertiary/aromatic N) is 2. The van der Waals surface area contributed by atoms with Crippen LogP contribution in [-0.2, 0) is 16.4 Å². The van der Waals surface area contributed by atoms with Crippen LogP contribution in [0.4, 0.5) is 0 Å². The molecule has 1 aliphatic heterocycles. The largest absolute Gasteiger partial charge is 0.301 e. The highest BCUT2D eigenvalue weighted by Crippen LogP contribution is 2.13. The first-order chi connectivity index (χ1) is 8.99. The molecule has 1 aliphatic rings. The first-order valence-corrected chi connectivity index (χ1v) is 8.32. The Balaban J connectivity index is 1.95. The van der Waals surface area contributed by atoms with Crippen LogP contribution in [-0.4, -0.2) is 56.1 Å². The van der Waals surface area contributed by atoms with E-state index in [0.717, 1.165) is 12.1 Å². The minimum Gasteiger partial charge on any atom is -0.301 e. The second-order valence-corrected chi connectivity index (χ2v) is 7.33. The zero-order chi connectivity index (χ0) is 13.9. The molecule has 19 heavy (non-hydrogen) atoms. The van der Waals surface area contributed by atoms with E-state index in [-0.39, 0.29) is 5.75 Å². The topological polar surface area (TPSA) is 40.6 Å². The number of likely N-dealkylation sites (N-methyl/N-ethyl adjacent to an activating group) is 1. The van der Waals surface area contributed by atoms with Gasteiger partial charge in [-0.05, 0) is 26.0 Å². The van der Waals surface area contributed by atoms with Gasteiger partial charge in [-0.15, -0.1) is 0 Å². The quantitative estimate of drug-likeness (QED) is 0.833. The molecular weight excluding hydrogens is 260 g/mol. The van der Waals surface area contributed by atoms with Gasteiger partial charge in [-0.2, -0.15) is 4.31 Å². The average molecular weight is 282 g/mol. The van der Waals surface area contributed by atoms with Crippen LogP contribution in [0.2, 0.25) is 0 Å². The predicted octanol–water partition coefficient (Wildman–Crippen LogP) is 1.19. The second kappa shape index (κ2) is 6.03. The van der Waals surface area contributed by atoms with E-state index in [2.05, 4.69) is 11.8 Å². The number of piperazine rings is 1. The van der Waals surface area contributed by atoms with Crippen LogP contribution in [0.3, 0.4) is 0 Å². The standard InChI is InChI=1S/C14H22N2O2S/c1-13-12-16(10-9-15(13)2)19(17,18)11-8-14-6-4-3-5-7-14/h3-7,13H,8-12H2,1-2H3. The van der Waals surface area contributed by atoms with Crippen molar-refractivity contribution in [1.82, 2.24) is 9.21 Å². The fraction of sp³-hybridized carbons (Fsp3) is 0.571. The van der Waals surface area contributed by atoms with E-state index in [0.29, 0.717) is 25.6 Å². The molecule has 1 atom stereocenters. The van der Waals surface area contributed by atoms with Crippen LogP contribution in [0.1, 0.15) is 12.5 Å². The van der Waals surface area contributed by atoms with Gasteiger partial charge in [-0.1, -0.05) is 30.3 Å². The summed E-state index contributed by atoms with van der Waals surface area (Å²) in [5.74, 6) is 0.202. The molecule has 1 unspecified atom stereocenters. The van der Waals surface area contributed by atoms with Crippen LogP contribution in [0.15, 0.2) is 30.3 Å². The third-order valence-electron chi connectivity index (χ3n) is 3.81. The number of benzene rings is 1. The summed E-state index contributed by atoms with van der Waals surface area (Å²) in [6.07, 6.45) is 0.587. The molecule has 1 heterocycles. The lowest BCUT2D eigenvalue weighted by Gasteiger charge is -2.36. The van der Waals surface area contributed by atoms with E-state index in [9.17, 15) is 8.42 Å². The molecule has 4 nitrogen and oxygen atoms in total. The van der Waals surface area contributed by atoms with Gasteiger partial charge < -0.3 is 4.90 Å². The summed E-state index contributed by atoms with van der Waals surface area (Å²) < 4.78 is 26.3. The number of rotatable bonds is 4. The SMILES string of the molecule is CC1CN(S(=O)(=O)CCc2ccccc2)CCN1C. The van der Waals surface area contributed by atoms with Crippen LogP contribution >= 0.6 is 0 Å². The number of aryl methyl sites for hydroxylation is 1. The third-order valence-corrected chi connectivity index (χ3v) is 5.65. The van der Waals surface area contributed by atoms with Crippen molar-refractivity contribution in [3.63, 3.8) is 0 Å². The zero-order valence-electron chi connectivity index (χ0n) is 11.6. The van der Waals surface area contributed by atoms with E-state index >= 15 is 0 Å². The first-order valence-electron chi connectivity index (χ1n) is 6.71. The van der Waals surface area contributed by atoms with Crippen LogP contribution in [0, 0.1) is 0 Å². The summed E-state index contributed by atoms with van der Waals surface area (Å²) >= 11 is 0. The molecule has 1 aromatic carbocycles. The Kier molecular flexibility index (Phi) is 4.60. The Hall–Kier alpha value is -0.910. The molecule has 0 radical (unpaired) electrons. The zero-order valence-corrected chi connectivity index (χ0v) is 12.4. The van der Waals surface area contributed by atoms with E-state index in [4.69, 9.17) is 0 Å². The average Bonchev–Trinajstić information content (AvgIpc) is 2.41. The highest BCUT2D eigenvalue weighted by Gasteiger charge is 2.28. The molecule has 0 N–H and O–H groups in total. The molecule has 5 heteroatoms. The van der Waals surface area contributed by atoms with Crippen molar-refractivity contribution in [2.45, 2.75) is 19.4 Å². The molecule has 106 valence electrons. The maximum Gasteiger partial charge on any atom is 0.214 e. The van der Waals surface area contributed by atoms with Gasteiger partial charge in [0.05, 0.1) is 5.75 Å². The van der Waals surface area contributed by atoms with Crippen molar-refractivity contribution in [3.05, 3.63) is 35.9 Å². The smallest absolute Gasteiger partial charge is 0.214 e. The summed E-state index contributed by atoms with van der Waals surface area (Å²) in [5.41, 5.74) is 1.08. The summed E-state index contributed by atoms with van der Waals surface area (Å²) in [7, 11) is -1.09. The molecule has 0 spiro atoms. The number of hydrogen-bond donors (Lipinski definition) is 0. The number of hydrogen-bond acceptors (Lipinski definition) is 3. The molecule has 1 fully saturated rings. The van der Waals surface area contributed by atoms with E-state index in [1.807, 2.05) is 37.4 Å². The predicted molar refractivity (Wildman–Crippen MR) is 77.6 cm³/mol. The molecule has 1 saturated heterocycles. The van der Waals surface area contributed by atoms with Gasteiger partial charge in [-0.3, -0.25) is 0 Å². The third kappa shape index (κ3) is 3.78. The maximum atomic E-state index is 12.3. The Bertz CT molecular complexity index is 501. The molecule has 1 aromatic rings. The Morgan fingerprint density at radius 3 is 2.53 bits per heavy atom. The van der Waals surface area contributed by atoms with E-state index in [1.165, 1.54) is 0 Å².